The molecule has 5 nitrogen and oxygen atoms in total. The van der Waals surface area contributed by atoms with Gasteiger partial charge in [-0.1, -0.05) is 49.7 Å². The van der Waals surface area contributed by atoms with E-state index in [2.05, 4.69) is 0 Å². The van der Waals surface area contributed by atoms with Gasteiger partial charge in [0, 0.05) is 37.6 Å². The maximum Gasteiger partial charge on any atom is 0.254 e. The molecule has 0 aliphatic heterocycles. The average molecular weight is 436 g/mol. The van der Waals surface area contributed by atoms with Crippen molar-refractivity contribution in [3.63, 3.8) is 0 Å². The normalized spacial score (nSPS) is 10.7. The standard InChI is InChI=1S/C26H30FN3O2/c1-3-4-16-29(26(32)22-12-8-13-23(27)17-22)20-25(31)30(18-21-10-6-5-7-11-21)19-24-14-9-15-28(24)2/h5-15,17H,3-4,16,18-20H2,1-2H3. The second-order valence-corrected chi connectivity index (χ2v) is 7.94. The predicted octanol–water partition coefficient (Wildman–Crippen LogP) is 4.64. The highest BCUT2D eigenvalue weighted by molar-refractivity contribution is 5.96. The molecule has 1 aromatic heterocycles. The lowest BCUT2D eigenvalue weighted by molar-refractivity contribution is -0.133. The zero-order valence-electron chi connectivity index (χ0n) is 18.7. The van der Waals surface area contributed by atoms with Crippen LogP contribution >= 0.6 is 0 Å². The highest BCUT2D eigenvalue weighted by atomic mass is 19.1. The first-order valence-corrected chi connectivity index (χ1v) is 10.9. The van der Waals surface area contributed by atoms with Crippen LogP contribution in [0.25, 0.3) is 0 Å². The van der Waals surface area contributed by atoms with Crippen LogP contribution in [0.15, 0.2) is 72.9 Å². The number of aryl methyl sites for hydroxylation is 1. The lowest BCUT2D eigenvalue weighted by Gasteiger charge is -2.28. The van der Waals surface area contributed by atoms with E-state index in [1.165, 1.54) is 23.1 Å². The van der Waals surface area contributed by atoms with Gasteiger partial charge in [0.05, 0.1) is 6.54 Å². The molecule has 3 rings (SSSR count). The molecule has 3 aromatic rings. The molecule has 2 amide bonds. The first-order chi connectivity index (χ1) is 15.5. The van der Waals surface area contributed by atoms with E-state index in [1.54, 1.807) is 11.0 Å². The Bertz CT molecular complexity index is 1030. The molecule has 0 N–H and O–H groups in total. The molecule has 0 spiro atoms. The summed E-state index contributed by atoms with van der Waals surface area (Å²) in [6, 6.07) is 19.4. The van der Waals surface area contributed by atoms with Gasteiger partial charge in [-0.15, -0.1) is 0 Å². The van der Waals surface area contributed by atoms with Crippen molar-refractivity contribution in [2.75, 3.05) is 13.1 Å². The molecular weight excluding hydrogens is 405 g/mol. The summed E-state index contributed by atoms with van der Waals surface area (Å²) in [4.78, 5) is 29.8. The SMILES string of the molecule is CCCCN(CC(=O)N(Cc1ccccc1)Cc1cccn1C)C(=O)c1cccc(F)c1. The van der Waals surface area contributed by atoms with E-state index >= 15 is 0 Å². The summed E-state index contributed by atoms with van der Waals surface area (Å²) >= 11 is 0. The highest BCUT2D eigenvalue weighted by Crippen LogP contribution is 2.14. The molecule has 0 bridgehead atoms. The molecule has 32 heavy (non-hydrogen) atoms. The molecule has 2 aromatic carbocycles. The Morgan fingerprint density at radius 3 is 2.38 bits per heavy atom. The largest absolute Gasteiger partial charge is 0.353 e. The number of aromatic nitrogens is 1. The smallest absolute Gasteiger partial charge is 0.254 e. The van der Waals surface area contributed by atoms with Gasteiger partial charge in [0.2, 0.25) is 5.91 Å². The number of amides is 2. The lowest BCUT2D eigenvalue weighted by Crippen LogP contribution is -2.43. The van der Waals surface area contributed by atoms with Crippen LogP contribution in [-0.2, 0) is 24.9 Å². The van der Waals surface area contributed by atoms with E-state index in [0.29, 0.717) is 19.6 Å². The molecule has 0 fully saturated rings. The van der Waals surface area contributed by atoms with Gasteiger partial charge >= 0.3 is 0 Å². The quantitative estimate of drug-likeness (QED) is 0.466. The lowest BCUT2D eigenvalue weighted by atomic mass is 10.1. The molecule has 0 unspecified atom stereocenters. The number of benzene rings is 2. The zero-order chi connectivity index (χ0) is 22.9. The summed E-state index contributed by atoms with van der Waals surface area (Å²) in [7, 11) is 1.95. The van der Waals surface area contributed by atoms with Gasteiger partial charge in [-0.05, 0) is 42.3 Å². The third-order valence-corrected chi connectivity index (χ3v) is 5.44. The van der Waals surface area contributed by atoms with Crippen molar-refractivity contribution >= 4 is 11.8 Å². The summed E-state index contributed by atoms with van der Waals surface area (Å²) in [5.74, 6) is -0.937. The predicted molar refractivity (Wildman–Crippen MR) is 123 cm³/mol. The molecular formula is C26H30FN3O2. The van der Waals surface area contributed by atoms with Crippen LogP contribution in [0.5, 0.6) is 0 Å². The van der Waals surface area contributed by atoms with Crippen molar-refractivity contribution in [2.45, 2.75) is 32.9 Å². The van der Waals surface area contributed by atoms with Gasteiger partial charge in [-0.2, -0.15) is 0 Å². The van der Waals surface area contributed by atoms with Gasteiger partial charge in [0.1, 0.15) is 12.4 Å². The summed E-state index contributed by atoms with van der Waals surface area (Å²) < 4.78 is 15.7. The molecule has 1 heterocycles. The fraction of sp³-hybridized carbons (Fsp3) is 0.308. The van der Waals surface area contributed by atoms with Crippen molar-refractivity contribution in [1.29, 1.82) is 0 Å². The van der Waals surface area contributed by atoms with Gasteiger partial charge in [-0.25, -0.2) is 4.39 Å². The summed E-state index contributed by atoms with van der Waals surface area (Å²) in [5.41, 5.74) is 2.28. The highest BCUT2D eigenvalue weighted by Gasteiger charge is 2.23. The maximum absolute atomic E-state index is 13.7. The van der Waals surface area contributed by atoms with Crippen LogP contribution in [-0.4, -0.2) is 39.3 Å². The minimum atomic E-state index is -0.466. The fourth-order valence-corrected chi connectivity index (χ4v) is 3.56. The number of hydrogen-bond acceptors (Lipinski definition) is 2. The van der Waals surface area contributed by atoms with Gasteiger partial charge < -0.3 is 14.4 Å². The Hall–Kier alpha value is -3.41. The van der Waals surface area contributed by atoms with Gasteiger partial charge in [0.25, 0.3) is 5.91 Å². The minimum absolute atomic E-state index is 0.0490. The van der Waals surface area contributed by atoms with Crippen LogP contribution in [0.1, 0.15) is 41.4 Å². The molecule has 0 atom stereocenters. The minimum Gasteiger partial charge on any atom is -0.353 e. The van der Waals surface area contributed by atoms with E-state index < -0.39 is 5.82 Å². The van der Waals surface area contributed by atoms with E-state index in [4.69, 9.17) is 0 Å². The average Bonchev–Trinajstić information content (AvgIpc) is 3.20. The monoisotopic (exact) mass is 435 g/mol. The van der Waals surface area contributed by atoms with Crippen molar-refractivity contribution in [3.05, 3.63) is 95.6 Å². The van der Waals surface area contributed by atoms with Crippen molar-refractivity contribution in [1.82, 2.24) is 14.4 Å². The second kappa shape index (κ2) is 11.3. The Kier molecular flexibility index (Phi) is 8.20. The third-order valence-electron chi connectivity index (χ3n) is 5.44. The molecule has 0 aliphatic carbocycles. The van der Waals surface area contributed by atoms with Gasteiger partial charge in [0.15, 0.2) is 0 Å². The zero-order valence-corrected chi connectivity index (χ0v) is 18.7. The number of halogens is 1. The number of unbranched alkanes of at least 4 members (excludes halogenated alkanes) is 1. The van der Waals surface area contributed by atoms with E-state index in [1.807, 2.05) is 67.2 Å². The summed E-state index contributed by atoms with van der Waals surface area (Å²) in [6.45, 7) is 3.31. The number of hydrogen-bond donors (Lipinski definition) is 0. The summed E-state index contributed by atoms with van der Waals surface area (Å²) in [6.07, 6.45) is 3.60. The van der Waals surface area contributed by atoms with Crippen LogP contribution in [0.4, 0.5) is 4.39 Å². The van der Waals surface area contributed by atoms with Crippen LogP contribution in [0.2, 0.25) is 0 Å². The number of carbonyl (C=O) groups excluding carboxylic acids is 2. The molecule has 6 heteroatoms. The Morgan fingerprint density at radius 2 is 1.72 bits per heavy atom. The van der Waals surface area contributed by atoms with E-state index in [9.17, 15) is 14.0 Å². The maximum atomic E-state index is 13.7. The third kappa shape index (κ3) is 6.30. The van der Waals surface area contributed by atoms with Crippen molar-refractivity contribution in [3.8, 4) is 0 Å². The second-order valence-electron chi connectivity index (χ2n) is 7.94. The van der Waals surface area contributed by atoms with Crippen molar-refractivity contribution in [2.24, 2.45) is 7.05 Å². The Balaban J connectivity index is 1.81. The van der Waals surface area contributed by atoms with E-state index in [0.717, 1.165) is 24.1 Å². The number of rotatable bonds is 10. The van der Waals surface area contributed by atoms with Gasteiger partial charge in [-0.3, -0.25) is 9.59 Å². The Morgan fingerprint density at radius 1 is 0.938 bits per heavy atom. The van der Waals surface area contributed by atoms with Crippen LogP contribution in [0, 0.1) is 5.82 Å². The molecule has 0 radical (unpaired) electrons. The number of nitrogens with zero attached hydrogens (tertiary/aromatic N) is 3. The van der Waals surface area contributed by atoms with Crippen LogP contribution < -0.4 is 0 Å². The molecule has 168 valence electrons. The molecule has 0 saturated heterocycles. The molecule has 0 saturated carbocycles. The Labute approximate surface area is 189 Å². The van der Waals surface area contributed by atoms with E-state index in [-0.39, 0.29) is 23.9 Å². The van der Waals surface area contributed by atoms with Crippen molar-refractivity contribution < 1.29 is 14.0 Å². The van der Waals surface area contributed by atoms with Crippen LogP contribution in [0.3, 0.4) is 0 Å². The summed E-state index contributed by atoms with van der Waals surface area (Å²) in [5, 5.41) is 0. The topological polar surface area (TPSA) is 45.6 Å². The first-order valence-electron chi connectivity index (χ1n) is 10.9. The molecule has 0 aliphatic rings. The first kappa shape index (κ1) is 23.3. The fourth-order valence-electron chi connectivity index (χ4n) is 3.56. The number of carbonyl (C=O) groups is 2.